The van der Waals surface area contributed by atoms with Crippen LogP contribution in [0.25, 0.3) is 0 Å². The van der Waals surface area contributed by atoms with E-state index in [0.29, 0.717) is 0 Å². The third-order valence-corrected chi connectivity index (χ3v) is 2.56. The van der Waals surface area contributed by atoms with Gasteiger partial charge in [0.1, 0.15) is 0 Å². The van der Waals surface area contributed by atoms with E-state index in [1.165, 1.54) is 18.9 Å². The van der Waals surface area contributed by atoms with Gasteiger partial charge in [-0.15, -0.1) is 6.58 Å². The summed E-state index contributed by atoms with van der Waals surface area (Å²) in [4.78, 5) is 20.9. The number of rotatable bonds is 4. The fraction of sp³-hybridized carbons (Fsp3) is 0.636. The maximum Gasteiger partial charge on any atom is 0.321 e. The van der Waals surface area contributed by atoms with Gasteiger partial charge in [-0.05, 0) is 6.42 Å². The molecule has 2 N–H and O–H groups in total. The van der Waals surface area contributed by atoms with E-state index in [1.54, 1.807) is 0 Å². The Balaban J connectivity index is 0.000000423. The van der Waals surface area contributed by atoms with Gasteiger partial charge in [-0.1, -0.05) is 32.8 Å². The van der Waals surface area contributed by atoms with Crippen molar-refractivity contribution in [1.82, 2.24) is 0 Å². The zero-order chi connectivity index (χ0) is 12.1. The molecule has 0 aromatic heterocycles. The Kier molecular flexibility index (Phi) is 5.05. The van der Waals surface area contributed by atoms with Crippen molar-refractivity contribution in [3.63, 3.8) is 0 Å². The highest BCUT2D eigenvalue weighted by molar-refractivity contribution is 6.02. The van der Waals surface area contributed by atoms with Crippen LogP contribution >= 0.6 is 0 Å². The van der Waals surface area contributed by atoms with Crippen LogP contribution in [0.15, 0.2) is 12.7 Å². The van der Waals surface area contributed by atoms with E-state index in [2.05, 4.69) is 20.4 Å². The van der Waals surface area contributed by atoms with Gasteiger partial charge in [0.2, 0.25) is 0 Å². The molecule has 1 unspecified atom stereocenters. The standard InChI is InChI=1S/C7H8O4.C4H10/c1-2-4-3-7(4,5(8)9)6(10)11;1-3-4-2/h2,4H,1,3H2,(H,8,9)(H,10,11);3-4H2,1-2H3. The van der Waals surface area contributed by atoms with E-state index in [-0.39, 0.29) is 6.42 Å². The summed E-state index contributed by atoms with van der Waals surface area (Å²) in [6.07, 6.45) is 4.18. The molecule has 1 atom stereocenters. The predicted octanol–water partition coefficient (Wildman–Crippen LogP) is 2.15. The number of carboxylic acids is 2. The molecule has 0 aliphatic heterocycles. The molecule has 1 fully saturated rings. The monoisotopic (exact) mass is 214 g/mol. The van der Waals surface area contributed by atoms with Crippen molar-refractivity contribution in [2.75, 3.05) is 0 Å². The summed E-state index contributed by atoms with van der Waals surface area (Å²) in [6, 6.07) is 0. The van der Waals surface area contributed by atoms with Gasteiger partial charge in [-0.25, -0.2) is 0 Å². The van der Waals surface area contributed by atoms with Crippen molar-refractivity contribution in [3.05, 3.63) is 12.7 Å². The Labute approximate surface area is 89.6 Å². The van der Waals surface area contributed by atoms with Crippen LogP contribution in [0.1, 0.15) is 33.1 Å². The second-order valence-corrected chi connectivity index (χ2v) is 3.63. The Morgan fingerprint density at radius 1 is 1.33 bits per heavy atom. The smallest absolute Gasteiger partial charge is 0.321 e. The highest BCUT2D eigenvalue weighted by Crippen LogP contribution is 2.53. The first kappa shape index (κ1) is 13.7. The second-order valence-electron chi connectivity index (χ2n) is 3.63. The van der Waals surface area contributed by atoms with E-state index in [1.807, 2.05) is 0 Å². The molecular weight excluding hydrogens is 196 g/mol. The molecule has 86 valence electrons. The first-order chi connectivity index (χ1) is 6.97. The molecule has 0 bridgehead atoms. The normalized spacial score (nSPS) is 20.8. The van der Waals surface area contributed by atoms with Gasteiger partial charge < -0.3 is 10.2 Å². The highest BCUT2D eigenvalue weighted by Gasteiger charge is 2.65. The van der Waals surface area contributed by atoms with E-state index in [4.69, 9.17) is 10.2 Å². The van der Waals surface area contributed by atoms with Crippen molar-refractivity contribution in [2.24, 2.45) is 11.3 Å². The summed E-state index contributed by atoms with van der Waals surface area (Å²) in [5.74, 6) is -2.94. The Bertz CT molecular complexity index is 241. The lowest BCUT2D eigenvalue weighted by atomic mass is 10.1. The van der Waals surface area contributed by atoms with Gasteiger partial charge in [0, 0.05) is 5.92 Å². The first-order valence-electron chi connectivity index (χ1n) is 5.06. The second kappa shape index (κ2) is 5.53. The van der Waals surface area contributed by atoms with E-state index < -0.39 is 23.3 Å². The van der Waals surface area contributed by atoms with Crippen LogP contribution in [0, 0.1) is 11.3 Å². The minimum atomic E-state index is -1.57. The fourth-order valence-electron chi connectivity index (χ4n) is 1.16. The maximum absolute atomic E-state index is 10.5. The van der Waals surface area contributed by atoms with Crippen LogP contribution in [0.3, 0.4) is 0 Å². The summed E-state index contributed by atoms with van der Waals surface area (Å²) in [5.41, 5.74) is -1.57. The van der Waals surface area contributed by atoms with Crippen LogP contribution in [0.5, 0.6) is 0 Å². The molecule has 0 aromatic carbocycles. The lowest BCUT2D eigenvalue weighted by molar-refractivity contribution is -0.157. The largest absolute Gasteiger partial charge is 0.480 e. The molecule has 4 heteroatoms. The van der Waals surface area contributed by atoms with Crippen LogP contribution in [-0.4, -0.2) is 22.2 Å². The maximum atomic E-state index is 10.5. The Hall–Kier alpha value is -1.32. The summed E-state index contributed by atoms with van der Waals surface area (Å²) in [5, 5.41) is 17.1. The van der Waals surface area contributed by atoms with Crippen molar-refractivity contribution in [1.29, 1.82) is 0 Å². The van der Waals surface area contributed by atoms with Crippen LogP contribution in [-0.2, 0) is 9.59 Å². The molecule has 0 radical (unpaired) electrons. The van der Waals surface area contributed by atoms with Crippen LogP contribution < -0.4 is 0 Å². The molecule has 0 aromatic rings. The number of unbranched alkanes of at least 4 members (excludes halogenated alkanes) is 1. The number of hydrogen-bond donors (Lipinski definition) is 2. The van der Waals surface area contributed by atoms with E-state index in [9.17, 15) is 9.59 Å². The van der Waals surface area contributed by atoms with Crippen molar-refractivity contribution in [2.45, 2.75) is 33.1 Å². The SMILES string of the molecule is C=CC1CC1(C(=O)O)C(=O)O.CCCC. The average Bonchev–Trinajstić information content (AvgIpc) is 2.93. The molecule has 0 heterocycles. The Morgan fingerprint density at radius 3 is 1.80 bits per heavy atom. The summed E-state index contributed by atoms with van der Waals surface area (Å²) >= 11 is 0. The van der Waals surface area contributed by atoms with Crippen molar-refractivity contribution >= 4 is 11.9 Å². The molecule has 1 aliphatic rings. The van der Waals surface area contributed by atoms with Crippen LogP contribution in [0.4, 0.5) is 0 Å². The lowest BCUT2D eigenvalue weighted by Gasteiger charge is -2.02. The molecule has 1 rings (SSSR count). The van der Waals surface area contributed by atoms with Crippen molar-refractivity contribution in [3.8, 4) is 0 Å². The third-order valence-electron chi connectivity index (χ3n) is 2.56. The summed E-state index contributed by atoms with van der Waals surface area (Å²) in [6.45, 7) is 7.72. The van der Waals surface area contributed by atoms with E-state index in [0.717, 1.165) is 0 Å². The van der Waals surface area contributed by atoms with Gasteiger partial charge >= 0.3 is 11.9 Å². The first-order valence-corrected chi connectivity index (χ1v) is 5.06. The minimum absolute atomic E-state index is 0.168. The molecule has 0 saturated heterocycles. The minimum Gasteiger partial charge on any atom is -0.480 e. The molecular formula is C11H18O4. The van der Waals surface area contributed by atoms with Gasteiger partial charge in [0.15, 0.2) is 5.41 Å². The number of carbonyl (C=O) groups is 2. The summed E-state index contributed by atoms with van der Waals surface area (Å²) in [7, 11) is 0. The van der Waals surface area contributed by atoms with Crippen LogP contribution in [0.2, 0.25) is 0 Å². The zero-order valence-electron chi connectivity index (χ0n) is 9.19. The number of carboxylic acid groups (broad SMARTS) is 2. The molecule has 1 aliphatic carbocycles. The topological polar surface area (TPSA) is 74.6 Å². The molecule has 0 amide bonds. The zero-order valence-corrected chi connectivity index (χ0v) is 9.19. The molecule has 1 saturated carbocycles. The number of allylic oxidation sites excluding steroid dienone is 1. The molecule has 0 spiro atoms. The third kappa shape index (κ3) is 2.81. The number of aliphatic carboxylic acids is 2. The van der Waals surface area contributed by atoms with Gasteiger partial charge in [-0.3, -0.25) is 9.59 Å². The highest BCUT2D eigenvalue weighted by atomic mass is 16.4. The predicted molar refractivity (Wildman–Crippen MR) is 56.6 cm³/mol. The lowest BCUT2D eigenvalue weighted by Crippen LogP contribution is -2.26. The van der Waals surface area contributed by atoms with Crippen molar-refractivity contribution < 1.29 is 19.8 Å². The van der Waals surface area contributed by atoms with Gasteiger partial charge in [0.05, 0.1) is 0 Å². The summed E-state index contributed by atoms with van der Waals surface area (Å²) < 4.78 is 0. The molecule has 4 nitrogen and oxygen atoms in total. The quantitative estimate of drug-likeness (QED) is 0.555. The average molecular weight is 214 g/mol. The van der Waals surface area contributed by atoms with Gasteiger partial charge in [-0.2, -0.15) is 0 Å². The van der Waals surface area contributed by atoms with E-state index >= 15 is 0 Å². The fourth-order valence-corrected chi connectivity index (χ4v) is 1.16. The van der Waals surface area contributed by atoms with Gasteiger partial charge in [0.25, 0.3) is 0 Å². The molecule has 15 heavy (non-hydrogen) atoms. The number of hydrogen-bond acceptors (Lipinski definition) is 2. The Morgan fingerprint density at radius 2 is 1.73 bits per heavy atom.